The number of nitrogens with zero attached hydrogens (tertiary/aromatic N) is 1. The molecule has 0 heterocycles. The van der Waals surface area contributed by atoms with E-state index in [4.69, 9.17) is 5.73 Å². The Morgan fingerprint density at radius 1 is 1.40 bits per heavy atom. The van der Waals surface area contributed by atoms with Crippen molar-refractivity contribution in [3.8, 4) is 0 Å². The second-order valence-electron chi connectivity index (χ2n) is 4.01. The van der Waals surface area contributed by atoms with Crippen LogP contribution in [0.25, 0.3) is 0 Å². The number of nitrogens with two attached hydrogens (primary N) is 1. The van der Waals surface area contributed by atoms with Gasteiger partial charge in [0.05, 0.1) is 4.92 Å². The van der Waals surface area contributed by atoms with Gasteiger partial charge >= 0.3 is 0 Å². The summed E-state index contributed by atoms with van der Waals surface area (Å²) in [5.41, 5.74) is 4.21. The predicted molar refractivity (Wildman–Crippen MR) is 67.6 cm³/mol. The van der Waals surface area contributed by atoms with Crippen LogP contribution in [-0.4, -0.2) is 33.1 Å². The average Bonchev–Trinajstić information content (AvgIpc) is 2.36. The molecule has 0 bridgehead atoms. The zero-order valence-electron chi connectivity index (χ0n) is 10.4. The number of nitrogens with one attached hydrogen (secondary N) is 1. The van der Waals surface area contributed by atoms with Crippen molar-refractivity contribution in [1.29, 1.82) is 0 Å². The molecule has 0 saturated heterocycles. The summed E-state index contributed by atoms with van der Waals surface area (Å²) in [5, 5.41) is 32.2. The summed E-state index contributed by atoms with van der Waals surface area (Å²) in [6.45, 7) is 1.18. The van der Waals surface area contributed by atoms with Crippen LogP contribution in [0.1, 0.15) is 18.6 Å². The van der Waals surface area contributed by atoms with Gasteiger partial charge in [-0.25, -0.2) is 0 Å². The van der Waals surface area contributed by atoms with E-state index in [1.54, 1.807) is 0 Å². The third-order valence-electron chi connectivity index (χ3n) is 2.46. The zero-order valence-corrected chi connectivity index (χ0v) is 10.4. The van der Waals surface area contributed by atoms with Gasteiger partial charge in [0.1, 0.15) is 11.8 Å². The highest BCUT2D eigenvalue weighted by Crippen LogP contribution is 2.29. The van der Waals surface area contributed by atoms with Gasteiger partial charge in [-0.05, 0) is 11.6 Å². The Morgan fingerprint density at radius 2 is 2.00 bits per heavy atom. The van der Waals surface area contributed by atoms with E-state index in [0.29, 0.717) is 0 Å². The van der Waals surface area contributed by atoms with E-state index in [2.05, 4.69) is 5.32 Å². The third-order valence-corrected chi connectivity index (χ3v) is 2.46. The van der Waals surface area contributed by atoms with Crippen LogP contribution in [0.3, 0.4) is 0 Å². The van der Waals surface area contributed by atoms with Crippen molar-refractivity contribution in [2.75, 3.05) is 5.32 Å². The maximum absolute atomic E-state index is 10.9. The van der Waals surface area contributed by atoms with Gasteiger partial charge in [-0.3, -0.25) is 19.7 Å². The third kappa shape index (κ3) is 3.49. The molecule has 2 amide bonds. The number of anilines is 1. The average molecular weight is 283 g/mol. The fourth-order valence-corrected chi connectivity index (χ4v) is 1.52. The van der Waals surface area contributed by atoms with Crippen molar-refractivity contribution in [2.24, 2.45) is 5.73 Å². The highest BCUT2D eigenvalue weighted by atomic mass is 16.6. The first kappa shape index (κ1) is 15.5. The van der Waals surface area contributed by atoms with Crippen molar-refractivity contribution in [3.63, 3.8) is 0 Å². The Morgan fingerprint density at radius 3 is 2.45 bits per heavy atom. The Balaban J connectivity index is 3.19. The van der Waals surface area contributed by atoms with Crippen LogP contribution in [0.4, 0.5) is 11.4 Å². The topological polar surface area (TPSA) is 156 Å². The number of hydrogen-bond acceptors (Lipinski definition) is 6. The first-order chi connectivity index (χ1) is 9.23. The maximum atomic E-state index is 10.9. The Hall–Kier alpha value is -2.52. The summed E-state index contributed by atoms with van der Waals surface area (Å²) in [5.74, 6) is -1.66. The second kappa shape index (κ2) is 6.08. The first-order valence-electron chi connectivity index (χ1n) is 5.45. The number of benzene rings is 1. The number of carbonyl (C=O) groups excluding carboxylic acids is 2. The smallest absolute Gasteiger partial charge is 0.293 e. The molecule has 0 aromatic heterocycles. The summed E-state index contributed by atoms with van der Waals surface area (Å²) < 4.78 is 0. The van der Waals surface area contributed by atoms with E-state index in [1.807, 2.05) is 0 Å². The van der Waals surface area contributed by atoms with Gasteiger partial charge in [0.15, 0.2) is 6.10 Å². The number of aliphatic hydroxyl groups is 2. The van der Waals surface area contributed by atoms with Crippen LogP contribution in [0, 0.1) is 10.1 Å². The number of carbonyl (C=O) groups is 2. The molecule has 2 unspecified atom stereocenters. The molecule has 108 valence electrons. The minimum atomic E-state index is -1.89. The summed E-state index contributed by atoms with van der Waals surface area (Å²) >= 11 is 0. The molecule has 0 aliphatic rings. The maximum Gasteiger partial charge on any atom is 0.293 e. The summed E-state index contributed by atoms with van der Waals surface area (Å²) in [7, 11) is 0. The number of nitro groups is 1. The van der Waals surface area contributed by atoms with Crippen molar-refractivity contribution < 1.29 is 24.7 Å². The summed E-state index contributed by atoms with van der Waals surface area (Å²) in [4.78, 5) is 31.8. The van der Waals surface area contributed by atoms with Crippen LogP contribution in [0.2, 0.25) is 0 Å². The molecule has 0 radical (unpaired) electrons. The van der Waals surface area contributed by atoms with E-state index >= 15 is 0 Å². The minimum Gasteiger partial charge on any atom is -0.385 e. The molecule has 0 fully saturated rings. The monoisotopic (exact) mass is 283 g/mol. The van der Waals surface area contributed by atoms with Crippen LogP contribution in [0.5, 0.6) is 0 Å². The van der Waals surface area contributed by atoms with Crippen molar-refractivity contribution >= 4 is 23.2 Å². The fraction of sp³-hybridized carbons (Fsp3) is 0.273. The Labute approximate surface area is 113 Å². The number of primary amides is 1. The van der Waals surface area contributed by atoms with E-state index in [1.165, 1.54) is 19.1 Å². The highest BCUT2D eigenvalue weighted by molar-refractivity contribution is 5.91. The van der Waals surface area contributed by atoms with Gasteiger partial charge in [0, 0.05) is 13.0 Å². The second-order valence-corrected chi connectivity index (χ2v) is 4.01. The van der Waals surface area contributed by atoms with Crippen LogP contribution < -0.4 is 11.1 Å². The number of rotatable bonds is 5. The lowest BCUT2D eigenvalue weighted by molar-refractivity contribution is -0.384. The normalized spacial score (nSPS) is 13.3. The molecular formula is C11H13N3O6. The molecule has 1 aromatic carbocycles. The van der Waals surface area contributed by atoms with Gasteiger partial charge in [-0.15, -0.1) is 0 Å². The van der Waals surface area contributed by atoms with E-state index < -0.39 is 34.6 Å². The minimum absolute atomic E-state index is 0.0629. The highest BCUT2D eigenvalue weighted by Gasteiger charge is 2.26. The quantitative estimate of drug-likeness (QED) is 0.419. The standard InChI is InChI=1S/C11H13N3O6/c1-5(15)13-7-3-2-6(4-8(7)14(19)20)9(16)10(17)11(12)18/h2-4,9-10,16-17H,1H3,(H2,12,18)(H,13,15). The largest absolute Gasteiger partial charge is 0.385 e. The predicted octanol–water partition coefficient (Wildman–Crippen LogP) is -0.567. The molecule has 0 saturated carbocycles. The van der Waals surface area contributed by atoms with Gasteiger partial charge in [0.2, 0.25) is 11.8 Å². The first-order valence-corrected chi connectivity index (χ1v) is 5.45. The number of hydrogen-bond donors (Lipinski definition) is 4. The van der Waals surface area contributed by atoms with E-state index in [9.17, 15) is 29.9 Å². The summed E-state index contributed by atoms with van der Waals surface area (Å²) in [6, 6.07) is 3.36. The molecular weight excluding hydrogens is 270 g/mol. The Bertz CT molecular complexity index is 559. The lowest BCUT2D eigenvalue weighted by Crippen LogP contribution is -2.33. The molecule has 0 aliphatic heterocycles. The van der Waals surface area contributed by atoms with Crippen LogP contribution in [0.15, 0.2) is 18.2 Å². The summed E-state index contributed by atoms with van der Waals surface area (Å²) in [6.07, 6.45) is -3.58. The lowest BCUT2D eigenvalue weighted by Gasteiger charge is -2.15. The van der Waals surface area contributed by atoms with Gasteiger partial charge in [-0.2, -0.15) is 0 Å². The molecule has 0 aliphatic carbocycles. The Kier molecular flexibility index (Phi) is 4.73. The van der Waals surface area contributed by atoms with Gasteiger partial charge < -0.3 is 21.3 Å². The van der Waals surface area contributed by atoms with Crippen molar-refractivity contribution in [3.05, 3.63) is 33.9 Å². The number of nitro benzene ring substituents is 1. The zero-order chi connectivity index (χ0) is 15.4. The van der Waals surface area contributed by atoms with Gasteiger partial charge in [0.25, 0.3) is 5.69 Å². The molecule has 5 N–H and O–H groups in total. The molecule has 2 atom stereocenters. The van der Waals surface area contributed by atoms with E-state index in [-0.39, 0.29) is 11.3 Å². The molecule has 1 rings (SSSR count). The fourth-order valence-electron chi connectivity index (χ4n) is 1.52. The lowest BCUT2D eigenvalue weighted by atomic mass is 10.0. The SMILES string of the molecule is CC(=O)Nc1ccc(C(O)C(O)C(N)=O)cc1[N+](=O)[O-]. The number of aliphatic hydroxyl groups excluding tert-OH is 2. The van der Waals surface area contributed by atoms with Crippen LogP contribution >= 0.6 is 0 Å². The molecule has 9 nitrogen and oxygen atoms in total. The van der Waals surface area contributed by atoms with Gasteiger partial charge in [-0.1, -0.05) is 6.07 Å². The molecule has 20 heavy (non-hydrogen) atoms. The number of amides is 2. The molecule has 0 spiro atoms. The van der Waals surface area contributed by atoms with Crippen LogP contribution in [-0.2, 0) is 9.59 Å². The molecule has 1 aromatic rings. The van der Waals surface area contributed by atoms with Crippen molar-refractivity contribution in [1.82, 2.24) is 0 Å². The van der Waals surface area contributed by atoms with Crippen molar-refractivity contribution in [2.45, 2.75) is 19.1 Å². The van der Waals surface area contributed by atoms with E-state index in [0.717, 1.165) is 6.07 Å². The molecule has 9 heteroatoms.